The minimum atomic E-state index is -5.13. The summed E-state index contributed by atoms with van der Waals surface area (Å²) >= 11 is 5.20. The van der Waals surface area contributed by atoms with E-state index in [9.17, 15) is 34.2 Å². The van der Waals surface area contributed by atoms with Crippen LogP contribution in [-0.4, -0.2) is 114 Å². The average Bonchev–Trinajstić information content (AvgIpc) is 3.73. The van der Waals surface area contributed by atoms with Crippen molar-refractivity contribution in [2.24, 2.45) is 0 Å². The fourth-order valence-electron chi connectivity index (χ4n) is 5.09. The van der Waals surface area contributed by atoms with Crippen LogP contribution in [0.4, 0.5) is 11.8 Å². The van der Waals surface area contributed by atoms with Gasteiger partial charge in [0.25, 0.3) is 0 Å². The van der Waals surface area contributed by atoms with Crippen LogP contribution in [0.15, 0.2) is 19.0 Å². The third-order valence-electron chi connectivity index (χ3n) is 7.08. The van der Waals surface area contributed by atoms with Crippen molar-refractivity contribution in [1.82, 2.24) is 39.0 Å². The molecule has 0 aromatic carbocycles. The number of rotatable bonds is 10. The molecule has 0 radical (unpaired) electrons. The number of nitrogens with zero attached hydrogens (tertiary/aromatic N) is 7. The molecular formula is C20H26N10O12P2S. The number of hydrogen-bond acceptors (Lipinski definition) is 18. The van der Waals surface area contributed by atoms with Crippen LogP contribution >= 0.6 is 28.3 Å². The monoisotopic (exact) mass is 692 g/mol. The standard InChI is InChI=1S/C20H26N10O12P2S/c21-14-8-15(24-3-23-14)29(4-25-8)18-11(33)12(41-43(34)35)7(40-18)2-38-44(36,37)42-13-10(32)6(1-31)39-19(13)30-5-26-9-16(30)27-20(22)28-17(9)45/h3-7,10-13,18-19,31-33,43H,1-2H2,(H,34,35)(H,36,37)(H2,21,23,24)(H3,22,27,28,45)/t6-,7?,10-,11-,12-,13-,18-,19-/m1/s1. The number of nitrogens with one attached hydrogen (secondary N) is 1. The van der Waals surface area contributed by atoms with Crippen LogP contribution in [0.2, 0.25) is 0 Å². The maximum Gasteiger partial charge on any atom is 0.472 e. The number of nitrogens with two attached hydrogens (primary N) is 2. The molecule has 244 valence electrons. The van der Waals surface area contributed by atoms with Crippen molar-refractivity contribution >= 4 is 62.4 Å². The number of imidazole rings is 2. The molecule has 0 bridgehead atoms. The maximum atomic E-state index is 13.2. The molecule has 6 rings (SSSR count). The Morgan fingerprint density at radius 2 is 1.71 bits per heavy atom. The SMILES string of the molecule is Nc1nc2c(ncn2[C@@H]2O[C@H](CO)[C@@H](O)[C@H]2OP(=O)(O)OCC2O[C@@H](n3cnc4c(N)ncnc43)[C@H](O)[C@@H]2O[PH](=O)O)c(=S)[nH]1. The first kappa shape index (κ1) is 31.9. The minimum absolute atomic E-state index is 0.0448. The third kappa shape index (κ3) is 5.99. The molecule has 25 heteroatoms. The van der Waals surface area contributed by atoms with Gasteiger partial charge in [-0.3, -0.25) is 22.7 Å². The van der Waals surface area contributed by atoms with Crippen LogP contribution in [0.3, 0.4) is 0 Å². The van der Waals surface area contributed by atoms with Gasteiger partial charge in [-0.25, -0.2) is 24.5 Å². The van der Waals surface area contributed by atoms with Gasteiger partial charge in [0, 0.05) is 0 Å². The number of aromatic amines is 1. The molecule has 45 heavy (non-hydrogen) atoms. The fourth-order valence-corrected chi connectivity index (χ4v) is 6.79. The second-order valence-electron chi connectivity index (χ2n) is 9.83. The molecule has 4 aromatic heterocycles. The number of ether oxygens (including phenoxy) is 2. The Labute approximate surface area is 256 Å². The van der Waals surface area contributed by atoms with E-state index in [-0.39, 0.29) is 38.7 Å². The lowest BCUT2D eigenvalue weighted by Gasteiger charge is -2.25. The number of aromatic nitrogens is 8. The number of H-pyrrole nitrogens is 1. The summed E-state index contributed by atoms with van der Waals surface area (Å²) in [5.41, 5.74) is 12.2. The molecule has 0 amide bonds. The van der Waals surface area contributed by atoms with Gasteiger partial charge in [0.2, 0.25) is 5.95 Å². The number of phosphoric ester groups is 1. The molecule has 6 heterocycles. The summed E-state index contributed by atoms with van der Waals surface area (Å²) in [5.74, 6) is -0.0256. The van der Waals surface area contributed by atoms with Crippen LogP contribution < -0.4 is 11.5 Å². The highest BCUT2D eigenvalue weighted by Gasteiger charge is 2.51. The van der Waals surface area contributed by atoms with Gasteiger partial charge in [-0.05, 0) is 0 Å². The lowest BCUT2D eigenvalue weighted by Crippen LogP contribution is -2.36. The third-order valence-corrected chi connectivity index (χ3v) is 8.84. The summed E-state index contributed by atoms with van der Waals surface area (Å²) in [6.45, 7) is -1.51. The summed E-state index contributed by atoms with van der Waals surface area (Å²) in [7, 11) is -8.78. The summed E-state index contributed by atoms with van der Waals surface area (Å²) in [5, 5.41) is 31.5. The molecule has 4 aromatic rings. The molecule has 0 saturated carbocycles. The summed E-state index contributed by atoms with van der Waals surface area (Å²) in [6.07, 6.45) is -8.18. The minimum Gasteiger partial charge on any atom is -0.394 e. The second kappa shape index (κ2) is 12.3. The van der Waals surface area contributed by atoms with E-state index in [1.807, 2.05) is 0 Å². The first-order chi connectivity index (χ1) is 21.4. The highest BCUT2D eigenvalue weighted by atomic mass is 32.1. The molecule has 22 nitrogen and oxygen atoms in total. The van der Waals surface area contributed by atoms with Gasteiger partial charge < -0.3 is 55.6 Å². The lowest BCUT2D eigenvalue weighted by atomic mass is 10.1. The zero-order valence-electron chi connectivity index (χ0n) is 22.5. The predicted octanol–water partition coefficient (Wildman–Crippen LogP) is -1.73. The van der Waals surface area contributed by atoms with Gasteiger partial charge in [0.1, 0.15) is 58.6 Å². The lowest BCUT2D eigenvalue weighted by molar-refractivity contribution is -0.0609. The van der Waals surface area contributed by atoms with Crippen molar-refractivity contribution in [3.63, 3.8) is 0 Å². The zero-order chi connectivity index (χ0) is 32.2. The van der Waals surface area contributed by atoms with E-state index in [4.69, 9.17) is 46.7 Å². The Morgan fingerprint density at radius 3 is 2.42 bits per heavy atom. The second-order valence-corrected chi connectivity index (χ2v) is 12.4. The largest absolute Gasteiger partial charge is 0.472 e. The number of fused-ring (bicyclic) bond motifs is 2. The van der Waals surface area contributed by atoms with Crippen LogP contribution in [-0.2, 0) is 32.2 Å². The van der Waals surface area contributed by atoms with E-state index < -0.39 is 78.4 Å². The molecule has 0 spiro atoms. The van der Waals surface area contributed by atoms with E-state index in [0.717, 1.165) is 6.33 Å². The van der Waals surface area contributed by atoms with E-state index in [2.05, 4.69) is 29.9 Å². The van der Waals surface area contributed by atoms with Crippen LogP contribution in [0, 0.1) is 4.64 Å². The van der Waals surface area contributed by atoms with Crippen molar-refractivity contribution in [2.75, 3.05) is 24.7 Å². The smallest absolute Gasteiger partial charge is 0.394 e. The van der Waals surface area contributed by atoms with E-state index >= 15 is 0 Å². The number of phosphoric acid groups is 1. The summed E-state index contributed by atoms with van der Waals surface area (Å²) in [6, 6.07) is 0. The van der Waals surface area contributed by atoms with E-state index in [0.29, 0.717) is 0 Å². The molecule has 10 atom stereocenters. The van der Waals surface area contributed by atoms with Crippen LogP contribution in [0.1, 0.15) is 12.5 Å². The quantitative estimate of drug-likeness (QED) is 0.0676. The number of anilines is 2. The Bertz CT molecular complexity index is 1860. The molecule has 2 aliphatic heterocycles. The maximum absolute atomic E-state index is 13.2. The van der Waals surface area contributed by atoms with Crippen molar-refractivity contribution in [1.29, 1.82) is 0 Å². The number of aliphatic hydroxyl groups is 3. The Hall–Kier alpha value is -3.02. The van der Waals surface area contributed by atoms with Crippen molar-refractivity contribution in [3.8, 4) is 0 Å². The predicted molar refractivity (Wildman–Crippen MR) is 151 cm³/mol. The van der Waals surface area contributed by atoms with Gasteiger partial charge in [-0.1, -0.05) is 12.2 Å². The molecular weight excluding hydrogens is 666 g/mol. The number of nitrogen functional groups attached to an aromatic ring is 2. The fraction of sp³-hybridized carbons (Fsp3) is 0.500. The average molecular weight is 693 g/mol. The van der Waals surface area contributed by atoms with Gasteiger partial charge >= 0.3 is 16.1 Å². The van der Waals surface area contributed by atoms with Crippen LogP contribution in [0.5, 0.6) is 0 Å². The highest BCUT2D eigenvalue weighted by Crippen LogP contribution is 2.50. The van der Waals surface area contributed by atoms with Crippen molar-refractivity contribution < 1.29 is 57.3 Å². The summed E-state index contributed by atoms with van der Waals surface area (Å²) in [4.78, 5) is 43.0. The van der Waals surface area contributed by atoms with Crippen LogP contribution in [0.25, 0.3) is 22.3 Å². The normalized spacial score (nSPS) is 30.7. The molecule has 2 saturated heterocycles. The molecule has 10 N–H and O–H groups in total. The van der Waals surface area contributed by atoms with Gasteiger partial charge in [-0.15, -0.1) is 0 Å². The van der Waals surface area contributed by atoms with Crippen molar-refractivity contribution in [2.45, 2.75) is 49.1 Å². The molecule has 3 unspecified atom stereocenters. The Balaban J connectivity index is 1.22. The van der Waals surface area contributed by atoms with Gasteiger partial charge in [0.15, 0.2) is 29.6 Å². The highest BCUT2D eigenvalue weighted by molar-refractivity contribution is 7.71. The van der Waals surface area contributed by atoms with E-state index in [1.54, 1.807) is 0 Å². The molecule has 2 aliphatic rings. The Kier molecular flexibility index (Phi) is 8.73. The molecule has 2 fully saturated rings. The number of hydrogen-bond donors (Lipinski definition) is 8. The summed E-state index contributed by atoms with van der Waals surface area (Å²) < 4.78 is 54.3. The van der Waals surface area contributed by atoms with Gasteiger partial charge in [0.05, 0.1) is 25.9 Å². The van der Waals surface area contributed by atoms with Gasteiger partial charge in [-0.2, -0.15) is 4.98 Å². The van der Waals surface area contributed by atoms with Crippen molar-refractivity contribution in [3.05, 3.63) is 23.6 Å². The zero-order valence-corrected chi connectivity index (χ0v) is 25.2. The topological polar surface area (TPSA) is 324 Å². The molecule has 0 aliphatic carbocycles. The van der Waals surface area contributed by atoms with E-state index in [1.165, 1.54) is 21.8 Å². The first-order valence-electron chi connectivity index (χ1n) is 12.9. The Morgan fingerprint density at radius 1 is 1.02 bits per heavy atom. The first-order valence-corrected chi connectivity index (χ1v) is 16.0. The number of aliphatic hydroxyl groups excluding tert-OH is 3.